The molecule has 1 saturated heterocycles. The molecule has 0 amide bonds. The fourth-order valence-corrected chi connectivity index (χ4v) is 2.82. The van der Waals surface area contributed by atoms with Crippen LogP contribution in [0.3, 0.4) is 0 Å². The van der Waals surface area contributed by atoms with Gasteiger partial charge in [-0.3, -0.25) is 4.90 Å². The number of imidazole rings is 1. The molecule has 3 rings (SSSR count). The van der Waals surface area contributed by atoms with Gasteiger partial charge in [0.2, 0.25) is 0 Å². The maximum absolute atomic E-state index is 4.07. The Morgan fingerprint density at radius 3 is 3.07 bits per heavy atom. The van der Waals surface area contributed by atoms with Gasteiger partial charge in [-0.15, -0.1) is 0 Å². The summed E-state index contributed by atoms with van der Waals surface area (Å²) < 4.78 is 2.16. The Morgan fingerprint density at radius 2 is 2.27 bits per heavy atom. The number of hydrogen-bond acceptors (Lipinski definition) is 2. The Morgan fingerprint density at radius 1 is 1.27 bits per heavy atom. The van der Waals surface area contributed by atoms with Gasteiger partial charge in [0.15, 0.2) is 0 Å². The number of aromatic nitrogens is 2. The topological polar surface area (TPSA) is 21.1 Å². The molecule has 3 nitrogen and oxygen atoms in total. The molecule has 0 spiro atoms. The van der Waals surface area contributed by atoms with Crippen molar-refractivity contribution in [1.29, 1.82) is 0 Å². The largest absolute Gasteiger partial charge is 0.336 e. The lowest BCUT2D eigenvalue weighted by atomic mass is 10.1. The van der Waals surface area contributed by atoms with E-state index < -0.39 is 0 Å². The average Bonchev–Trinajstić information content (AvgIpc) is 2.82. The second-order valence-corrected chi connectivity index (χ2v) is 4.50. The van der Waals surface area contributed by atoms with Crippen molar-refractivity contribution < 1.29 is 0 Å². The summed E-state index contributed by atoms with van der Waals surface area (Å²) in [7, 11) is 0. The van der Waals surface area contributed by atoms with E-state index in [-0.39, 0.29) is 0 Å². The Kier molecular flexibility index (Phi) is 2.33. The molecule has 3 heterocycles. The SMILES string of the molecule is C1=CC2CCC(C1)N2CCn1ccnc1. The summed E-state index contributed by atoms with van der Waals surface area (Å²) in [6.45, 7) is 2.23. The molecular formula is C12H17N3. The van der Waals surface area contributed by atoms with E-state index in [9.17, 15) is 0 Å². The van der Waals surface area contributed by atoms with Gasteiger partial charge >= 0.3 is 0 Å². The van der Waals surface area contributed by atoms with E-state index in [4.69, 9.17) is 0 Å². The first-order valence-corrected chi connectivity index (χ1v) is 5.81. The molecule has 15 heavy (non-hydrogen) atoms. The molecule has 2 aliphatic heterocycles. The van der Waals surface area contributed by atoms with Crippen molar-refractivity contribution in [3.63, 3.8) is 0 Å². The smallest absolute Gasteiger partial charge is 0.0946 e. The van der Waals surface area contributed by atoms with Gasteiger partial charge in [0, 0.05) is 37.6 Å². The lowest BCUT2D eigenvalue weighted by Crippen LogP contribution is -2.39. The van der Waals surface area contributed by atoms with Crippen LogP contribution in [0.15, 0.2) is 30.9 Å². The van der Waals surface area contributed by atoms with Crippen LogP contribution in [0.1, 0.15) is 19.3 Å². The molecule has 0 radical (unpaired) electrons. The van der Waals surface area contributed by atoms with Crippen molar-refractivity contribution in [2.24, 2.45) is 0 Å². The van der Waals surface area contributed by atoms with Crippen molar-refractivity contribution in [3.05, 3.63) is 30.9 Å². The van der Waals surface area contributed by atoms with Gasteiger partial charge in [0.05, 0.1) is 6.33 Å². The van der Waals surface area contributed by atoms with Crippen LogP contribution < -0.4 is 0 Å². The van der Waals surface area contributed by atoms with Gasteiger partial charge in [-0.25, -0.2) is 4.98 Å². The summed E-state index contributed by atoms with van der Waals surface area (Å²) in [5.41, 5.74) is 0. The quantitative estimate of drug-likeness (QED) is 0.697. The molecular weight excluding hydrogens is 186 g/mol. The first-order chi connectivity index (χ1) is 7.43. The molecule has 1 aromatic heterocycles. The summed E-state index contributed by atoms with van der Waals surface area (Å²) >= 11 is 0. The molecule has 0 aliphatic carbocycles. The predicted octanol–water partition coefficient (Wildman–Crippen LogP) is 1.68. The minimum atomic E-state index is 0.715. The van der Waals surface area contributed by atoms with E-state index in [1.54, 1.807) is 0 Å². The summed E-state index contributed by atoms with van der Waals surface area (Å²) in [4.78, 5) is 6.72. The standard InChI is InChI=1S/C12H17N3/c1-2-11-4-5-12(3-1)15(11)9-8-14-7-6-13-10-14/h1-2,6-7,10-12H,3-5,8-9H2. The monoisotopic (exact) mass is 203 g/mol. The molecule has 1 aromatic rings. The molecule has 0 saturated carbocycles. The number of rotatable bonds is 3. The molecule has 2 bridgehead atoms. The minimum Gasteiger partial charge on any atom is -0.336 e. The molecule has 2 atom stereocenters. The van der Waals surface area contributed by atoms with Gasteiger partial charge in [-0.2, -0.15) is 0 Å². The van der Waals surface area contributed by atoms with E-state index >= 15 is 0 Å². The van der Waals surface area contributed by atoms with E-state index in [0.717, 1.165) is 19.1 Å². The zero-order chi connectivity index (χ0) is 10.1. The fourth-order valence-electron chi connectivity index (χ4n) is 2.82. The third-order valence-electron chi connectivity index (χ3n) is 3.63. The molecule has 0 N–H and O–H groups in total. The van der Waals surface area contributed by atoms with Gasteiger partial charge in [0.25, 0.3) is 0 Å². The second-order valence-electron chi connectivity index (χ2n) is 4.50. The summed E-state index contributed by atoms with van der Waals surface area (Å²) in [5, 5.41) is 0. The van der Waals surface area contributed by atoms with Crippen molar-refractivity contribution in [1.82, 2.24) is 14.5 Å². The molecule has 3 heteroatoms. The highest BCUT2D eigenvalue weighted by Crippen LogP contribution is 2.30. The number of nitrogens with zero attached hydrogens (tertiary/aromatic N) is 3. The first-order valence-electron chi connectivity index (χ1n) is 5.81. The van der Waals surface area contributed by atoms with Crippen molar-refractivity contribution in [3.8, 4) is 0 Å². The molecule has 1 fully saturated rings. The van der Waals surface area contributed by atoms with Crippen LogP contribution in [0.5, 0.6) is 0 Å². The summed E-state index contributed by atoms with van der Waals surface area (Å²) in [6, 6.07) is 1.52. The summed E-state index contributed by atoms with van der Waals surface area (Å²) in [5.74, 6) is 0. The Labute approximate surface area is 90.4 Å². The van der Waals surface area contributed by atoms with Gasteiger partial charge < -0.3 is 4.57 Å². The van der Waals surface area contributed by atoms with Crippen molar-refractivity contribution in [2.45, 2.75) is 37.9 Å². The highest BCUT2D eigenvalue weighted by molar-refractivity contribution is 5.08. The molecule has 0 aromatic carbocycles. The van der Waals surface area contributed by atoms with Gasteiger partial charge in [-0.1, -0.05) is 12.2 Å². The lowest BCUT2D eigenvalue weighted by molar-refractivity contribution is 0.201. The van der Waals surface area contributed by atoms with Crippen LogP contribution in [-0.4, -0.2) is 33.1 Å². The van der Waals surface area contributed by atoms with Crippen LogP contribution in [0.4, 0.5) is 0 Å². The zero-order valence-corrected chi connectivity index (χ0v) is 8.92. The van der Waals surface area contributed by atoms with Crippen LogP contribution in [0.2, 0.25) is 0 Å². The molecule has 80 valence electrons. The molecule has 2 aliphatic rings. The Hall–Kier alpha value is -1.09. The normalized spacial score (nSPS) is 29.9. The lowest BCUT2D eigenvalue weighted by Gasteiger charge is -2.31. The third kappa shape index (κ3) is 1.72. The Balaban J connectivity index is 1.62. The second kappa shape index (κ2) is 3.81. The van der Waals surface area contributed by atoms with Crippen molar-refractivity contribution >= 4 is 0 Å². The average molecular weight is 203 g/mol. The third-order valence-corrected chi connectivity index (χ3v) is 3.63. The first kappa shape index (κ1) is 9.16. The minimum absolute atomic E-state index is 0.715. The van der Waals surface area contributed by atoms with Crippen molar-refractivity contribution in [2.75, 3.05) is 6.54 Å². The maximum Gasteiger partial charge on any atom is 0.0946 e. The number of hydrogen-bond donors (Lipinski definition) is 0. The van der Waals surface area contributed by atoms with Crippen LogP contribution >= 0.6 is 0 Å². The van der Waals surface area contributed by atoms with Crippen LogP contribution in [0, 0.1) is 0 Å². The van der Waals surface area contributed by atoms with E-state index in [0.29, 0.717) is 6.04 Å². The highest BCUT2D eigenvalue weighted by Gasteiger charge is 2.32. The fraction of sp³-hybridized carbons (Fsp3) is 0.583. The van der Waals surface area contributed by atoms with E-state index in [1.165, 1.54) is 19.3 Å². The van der Waals surface area contributed by atoms with Gasteiger partial charge in [-0.05, 0) is 19.3 Å². The number of fused-ring (bicyclic) bond motifs is 2. The zero-order valence-electron chi connectivity index (χ0n) is 8.92. The van der Waals surface area contributed by atoms with E-state index in [1.807, 2.05) is 18.7 Å². The van der Waals surface area contributed by atoms with Crippen LogP contribution in [-0.2, 0) is 6.54 Å². The summed E-state index contributed by atoms with van der Waals surface area (Å²) in [6.07, 6.45) is 14.5. The predicted molar refractivity (Wildman–Crippen MR) is 59.5 cm³/mol. The van der Waals surface area contributed by atoms with Crippen LogP contribution in [0.25, 0.3) is 0 Å². The van der Waals surface area contributed by atoms with Gasteiger partial charge in [0.1, 0.15) is 0 Å². The maximum atomic E-state index is 4.07. The highest BCUT2D eigenvalue weighted by atomic mass is 15.2. The molecule has 2 unspecified atom stereocenters. The van der Waals surface area contributed by atoms with E-state index in [2.05, 4.69) is 26.6 Å². The Bertz CT molecular complexity index is 342.